The highest BCUT2D eigenvalue weighted by molar-refractivity contribution is 8.14. The van der Waals surface area contributed by atoms with E-state index in [1.807, 2.05) is 55.5 Å². The predicted octanol–water partition coefficient (Wildman–Crippen LogP) is 3.30. The maximum Gasteiger partial charge on any atom is 0.276 e. The van der Waals surface area contributed by atoms with Gasteiger partial charge in [0.1, 0.15) is 11.4 Å². The second kappa shape index (κ2) is 8.51. The zero-order valence-electron chi connectivity index (χ0n) is 17.6. The minimum Gasteiger partial charge on any atom is -0.493 e. The lowest BCUT2D eigenvalue weighted by atomic mass is 9.99. The number of fused-ring (bicyclic) bond motifs is 3. The molecule has 1 amide bonds. The van der Waals surface area contributed by atoms with E-state index in [4.69, 9.17) is 14.8 Å². The van der Waals surface area contributed by atoms with E-state index in [1.54, 1.807) is 11.1 Å². The molecule has 0 unspecified atom stereocenters. The largest absolute Gasteiger partial charge is 0.493 e. The van der Waals surface area contributed by atoms with Crippen LogP contribution in [-0.2, 0) is 4.79 Å². The van der Waals surface area contributed by atoms with Crippen LogP contribution in [0.25, 0.3) is 16.5 Å². The van der Waals surface area contributed by atoms with E-state index < -0.39 is 6.17 Å². The Morgan fingerprint density at radius 1 is 1.16 bits per heavy atom. The Kier molecular flexibility index (Phi) is 5.41. The summed E-state index contributed by atoms with van der Waals surface area (Å²) in [6.07, 6.45) is 1.24. The molecule has 7 heteroatoms. The zero-order valence-corrected chi connectivity index (χ0v) is 18.4. The number of hydrogen-bond donors (Lipinski definition) is 1. The second-order valence-corrected chi connectivity index (χ2v) is 8.31. The molecule has 0 aromatic heterocycles. The smallest absolute Gasteiger partial charge is 0.276 e. The van der Waals surface area contributed by atoms with Crippen LogP contribution >= 0.6 is 11.8 Å². The Morgan fingerprint density at radius 3 is 2.81 bits per heavy atom. The van der Waals surface area contributed by atoms with Gasteiger partial charge in [0.2, 0.25) is 0 Å². The lowest BCUT2D eigenvalue weighted by Crippen LogP contribution is -2.50. The number of rotatable bonds is 5. The van der Waals surface area contributed by atoms with Gasteiger partial charge in [0, 0.05) is 16.5 Å². The molecule has 0 radical (unpaired) electrons. The van der Waals surface area contributed by atoms with E-state index in [9.17, 15) is 4.79 Å². The number of amidine groups is 1. The van der Waals surface area contributed by atoms with Crippen LogP contribution < -0.4 is 20.6 Å². The highest BCUT2D eigenvalue weighted by Gasteiger charge is 2.36. The highest BCUT2D eigenvalue weighted by Crippen LogP contribution is 2.40. The number of carbonyl (C=O) groups excluding carboxylic acids is 1. The summed E-state index contributed by atoms with van der Waals surface area (Å²) in [6.45, 7) is 6.24. The molecule has 6 nitrogen and oxygen atoms in total. The predicted molar refractivity (Wildman–Crippen MR) is 129 cm³/mol. The summed E-state index contributed by atoms with van der Waals surface area (Å²) in [7, 11) is 0. The lowest BCUT2D eigenvalue weighted by molar-refractivity contribution is -0.116. The molecule has 160 valence electrons. The number of para-hydroxylation sites is 1. The fraction of sp³-hybridized carbons (Fsp3) is 0.160. The van der Waals surface area contributed by atoms with Gasteiger partial charge in [-0.25, -0.2) is 5.01 Å². The highest BCUT2D eigenvalue weighted by atomic mass is 32.2. The first-order chi connectivity index (χ1) is 15.7. The van der Waals surface area contributed by atoms with Gasteiger partial charge in [-0.3, -0.25) is 15.1 Å². The van der Waals surface area contributed by atoms with Crippen molar-refractivity contribution in [3.05, 3.63) is 89.5 Å². The van der Waals surface area contributed by atoms with E-state index in [1.165, 1.54) is 11.8 Å². The Morgan fingerprint density at radius 2 is 1.97 bits per heavy atom. The van der Waals surface area contributed by atoms with E-state index in [2.05, 4.69) is 24.0 Å². The van der Waals surface area contributed by atoms with Crippen molar-refractivity contribution >= 4 is 39.3 Å². The van der Waals surface area contributed by atoms with Crippen LogP contribution in [0.2, 0.25) is 0 Å². The average Bonchev–Trinajstić information content (AvgIpc) is 2.82. The Hall–Kier alpha value is -3.58. The number of nitrogens with one attached hydrogen (secondary N) is 1. The first-order valence-electron chi connectivity index (χ1n) is 10.5. The standard InChI is InChI=1S/C25H22N4O2S/c1-3-15-32-25-27-24(30)22-18-11-7-8-12-19(18)26-23(29(22)28-25)21-17-10-6-5-9-16(17)13-14-20(21)31-4-2/h3,5-14,23H,1,4,15H2,2H3,(H,27,28,30)/t23-/m0/s1. The van der Waals surface area contributed by atoms with Crippen molar-refractivity contribution in [2.75, 3.05) is 12.4 Å². The number of hydrazone groups is 1. The second-order valence-electron chi connectivity index (χ2n) is 7.30. The minimum atomic E-state index is -0.544. The molecule has 0 aliphatic carbocycles. The molecule has 0 fully saturated rings. The van der Waals surface area contributed by atoms with E-state index in [0.29, 0.717) is 23.2 Å². The first-order valence-corrected chi connectivity index (χ1v) is 11.4. The molecule has 0 saturated heterocycles. The van der Waals surface area contributed by atoms with Gasteiger partial charge >= 0.3 is 0 Å². The van der Waals surface area contributed by atoms with Crippen LogP contribution in [0.15, 0.2) is 83.4 Å². The van der Waals surface area contributed by atoms with Crippen LogP contribution in [0.3, 0.4) is 0 Å². The van der Waals surface area contributed by atoms with Crippen molar-refractivity contribution in [3.8, 4) is 5.75 Å². The molecule has 2 aliphatic rings. The molecule has 0 bridgehead atoms. The van der Waals surface area contributed by atoms with Crippen molar-refractivity contribution in [2.24, 2.45) is 10.1 Å². The van der Waals surface area contributed by atoms with Crippen LogP contribution in [0.4, 0.5) is 0 Å². The van der Waals surface area contributed by atoms with Gasteiger partial charge in [-0.15, -0.1) is 11.7 Å². The molecule has 32 heavy (non-hydrogen) atoms. The maximum atomic E-state index is 13.2. The van der Waals surface area contributed by atoms with Crippen molar-refractivity contribution in [1.82, 2.24) is 10.3 Å². The third kappa shape index (κ3) is 3.44. The Labute approximate surface area is 190 Å². The molecule has 0 saturated carbocycles. The summed E-state index contributed by atoms with van der Waals surface area (Å²) in [5.74, 6) is 1.18. The van der Waals surface area contributed by atoms with Gasteiger partial charge in [-0.1, -0.05) is 66.4 Å². The number of nitrogens with zero attached hydrogens (tertiary/aromatic N) is 3. The monoisotopic (exact) mass is 442 g/mol. The van der Waals surface area contributed by atoms with Gasteiger partial charge in [-0.2, -0.15) is 0 Å². The van der Waals surface area contributed by atoms with Crippen LogP contribution in [0.1, 0.15) is 18.7 Å². The molecule has 3 aromatic carbocycles. The fourth-order valence-corrected chi connectivity index (χ4v) is 4.63. The minimum absolute atomic E-state index is 0.197. The molecule has 1 N–H and O–H groups in total. The number of amides is 1. The molecule has 2 aliphatic heterocycles. The molecule has 2 heterocycles. The Balaban J connectivity index is 1.80. The summed E-state index contributed by atoms with van der Waals surface area (Å²) in [5, 5.41) is 13.6. The van der Waals surface area contributed by atoms with E-state index >= 15 is 0 Å². The molecule has 0 spiro atoms. The zero-order chi connectivity index (χ0) is 22.1. The van der Waals surface area contributed by atoms with Gasteiger partial charge in [-0.05, 0) is 29.8 Å². The van der Waals surface area contributed by atoms with Gasteiger partial charge in [0.25, 0.3) is 5.91 Å². The number of benzene rings is 3. The maximum absolute atomic E-state index is 13.2. The number of carbonyl (C=O) groups is 1. The quantitative estimate of drug-likeness (QED) is 0.616. The summed E-state index contributed by atoms with van der Waals surface area (Å²) < 4.78 is 6.02. The average molecular weight is 443 g/mol. The lowest BCUT2D eigenvalue weighted by Gasteiger charge is -2.35. The summed E-state index contributed by atoms with van der Waals surface area (Å²) >= 11 is 1.43. The van der Waals surface area contributed by atoms with Crippen molar-refractivity contribution in [1.29, 1.82) is 0 Å². The third-order valence-corrected chi connectivity index (χ3v) is 6.20. The molecule has 5 rings (SSSR count). The van der Waals surface area contributed by atoms with Gasteiger partial charge < -0.3 is 4.74 Å². The topological polar surface area (TPSA) is 66.3 Å². The number of thioether (sulfide) groups is 1. The van der Waals surface area contributed by atoms with Crippen LogP contribution in [0.5, 0.6) is 5.75 Å². The number of hydrogen-bond acceptors (Lipinski definition) is 6. The van der Waals surface area contributed by atoms with Gasteiger partial charge in [0.05, 0.1) is 12.0 Å². The Bertz CT molecular complexity index is 1380. The fourth-order valence-electron chi connectivity index (χ4n) is 4.04. The molecule has 3 aromatic rings. The summed E-state index contributed by atoms with van der Waals surface area (Å²) in [5.41, 5.74) is 1.38. The number of ether oxygens (including phenoxy) is 1. The van der Waals surface area contributed by atoms with Crippen molar-refractivity contribution < 1.29 is 9.53 Å². The SMILES string of the molecule is C=CCSC1=NN2C(=c3ccccc3=N[C@@H]2c2c(OCC)ccc3ccccc23)C(=O)N1. The molecular weight excluding hydrogens is 420 g/mol. The summed E-state index contributed by atoms with van der Waals surface area (Å²) in [6, 6.07) is 19.8. The third-order valence-electron chi connectivity index (χ3n) is 5.34. The van der Waals surface area contributed by atoms with Crippen molar-refractivity contribution in [2.45, 2.75) is 13.1 Å². The summed E-state index contributed by atoms with van der Waals surface area (Å²) in [4.78, 5) is 18.3. The van der Waals surface area contributed by atoms with Gasteiger partial charge in [0.15, 0.2) is 11.3 Å². The normalized spacial score (nSPS) is 17.1. The molecule has 1 atom stereocenters. The molecular formula is C25H22N4O2S. The van der Waals surface area contributed by atoms with E-state index in [-0.39, 0.29) is 5.91 Å². The van der Waals surface area contributed by atoms with E-state index in [0.717, 1.165) is 32.7 Å². The van der Waals surface area contributed by atoms with Crippen molar-refractivity contribution in [3.63, 3.8) is 0 Å². The van der Waals surface area contributed by atoms with Crippen LogP contribution in [0, 0.1) is 0 Å². The van der Waals surface area contributed by atoms with Crippen LogP contribution in [-0.4, -0.2) is 28.4 Å². The first kappa shape index (κ1) is 20.3.